The Morgan fingerprint density at radius 2 is 1.12 bits per heavy atom. The fourth-order valence-corrected chi connectivity index (χ4v) is 3.12. The molecule has 0 saturated carbocycles. The van der Waals surface area contributed by atoms with Crippen molar-refractivity contribution in [3.63, 3.8) is 0 Å². The fourth-order valence-electron chi connectivity index (χ4n) is 1.40. The molecule has 0 aliphatic carbocycles. The summed E-state index contributed by atoms with van der Waals surface area (Å²) in [6, 6.07) is 9.13. The van der Waals surface area contributed by atoms with E-state index in [9.17, 15) is 0 Å². The quantitative estimate of drug-likeness (QED) is 0.601. The van der Waals surface area contributed by atoms with Gasteiger partial charge in [-0.25, -0.2) is 0 Å². The Labute approximate surface area is 109 Å². The first-order valence-electron chi connectivity index (χ1n) is 6.10. The number of benzene rings is 1. The summed E-state index contributed by atoms with van der Waals surface area (Å²) in [4.78, 5) is 0. The van der Waals surface area contributed by atoms with Crippen LogP contribution < -0.4 is 0 Å². The smallest absolute Gasteiger partial charge is 0.0184 e. The molecule has 0 aliphatic heterocycles. The summed E-state index contributed by atoms with van der Waals surface area (Å²) >= 11 is 4.06. The largest absolute Gasteiger partial charge is 0.157 e. The number of thioether (sulfide) groups is 2. The third-order valence-corrected chi connectivity index (χ3v) is 4.73. The second-order valence-corrected chi connectivity index (χ2v) is 6.13. The van der Waals surface area contributed by atoms with Crippen LogP contribution in [0.3, 0.4) is 0 Å². The molecular formula is C14H22S2. The molecule has 2 heteroatoms. The summed E-state index contributed by atoms with van der Waals surface area (Å²) in [5.74, 6) is 4.87. The van der Waals surface area contributed by atoms with Gasteiger partial charge in [-0.15, -0.1) is 0 Å². The van der Waals surface area contributed by atoms with Crippen LogP contribution >= 0.6 is 23.5 Å². The molecule has 0 nitrogen and oxygen atoms in total. The van der Waals surface area contributed by atoms with Gasteiger partial charge in [0.2, 0.25) is 0 Å². The third kappa shape index (κ3) is 5.86. The van der Waals surface area contributed by atoms with Crippen molar-refractivity contribution >= 4 is 23.5 Å². The van der Waals surface area contributed by atoms with Gasteiger partial charge in [0.05, 0.1) is 0 Å². The van der Waals surface area contributed by atoms with Gasteiger partial charge in [-0.05, 0) is 35.5 Å². The van der Waals surface area contributed by atoms with Crippen molar-refractivity contribution in [3.05, 3.63) is 35.4 Å². The van der Waals surface area contributed by atoms with Crippen LogP contribution in [-0.4, -0.2) is 11.5 Å². The van der Waals surface area contributed by atoms with E-state index >= 15 is 0 Å². The molecule has 0 aliphatic rings. The molecule has 0 fully saturated rings. The van der Waals surface area contributed by atoms with Crippen LogP contribution in [0.4, 0.5) is 0 Å². The lowest BCUT2D eigenvalue weighted by atomic mass is 10.2. The second-order valence-electron chi connectivity index (χ2n) is 3.92. The van der Waals surface area contributed by atoms with E-state index in [0.29, 0.717) is 0 Å². The van der Waals surface area contributed by atoms with E-state index in [1.165, 1.54) is 35.5 Å². The molecule has 90 valence electrons. The summed E-state index contributed by atoms with van der Waals surface area (Å²) < 4.78 is 0. The van der Waals surface area contributed by atoms with Crippen LogP contribution in [0, 0.1) is 0 Å². The molecule has 1 rings (SSSR count). The zero-order valence-electron chi connectivity index (χ0n) is 10.4. The van der Waals surface area contributed by atoms with Crippen LogP contribution in [0.15, 0.2) is 24.3 Å². The molecule has 16 heavy (non-hydrogen) atoms. The van der Waals surface area contributed by atoms with E-state index in [1.807, 2.05) is 23.5 Å². The highest BCUT2D eigenvalue weighted by Crippen LogP contribution is 2.17. The first kappa shape index (κ1) is 14.0. The fraction of sp³-hybridized carbons (Fsp3) is 0.571. The summed E-state index contributed by atoms with van der Waals surface area (Å²) in [6.07, 6.45) is 2.55. The van der Waals surface area contributed by atoms with E-state index in [4.69, 9.17) is 0 Å². The van der Waals surface area contributed by atoms with Crippen molar-refractivity contribution in [3.8, 4) is 0 Å². The number of hydrogen-bond acceptors (Lipinski definition) is 2. The highest BCUT2D eigenvalue weighted by atomic mass is 32.2. The molecule has 0 aromatic heterocycles. The van der Waals surface area contributed by atoms with Gasteiger partial charge in [0.15, 0.2) is 0 Å². The average molecular weight is 254 g/mol. The van der Waals surface area contributed by atoms with Gasteiger partial charge in [-0.3, -0.25) is 0 Å². The highest BCUT2D eigenvalue weighted by molar-refractivity contribution is 7.98. The predicted octanol–water partition coefficient (Wildman–Crippen LogP) is 4.97. The maximum atomic E-state index is 2.28. The third-order valence-electron chi connectivity index (χ3n) is 2.26. The van der Waals surface area contributed by atoms with Gasteiger partial charge in [0.25, 0.3) is 0 Å². The van der Waals surface area contributed by atoms with Crippen LogP contribution in [0.2, 0.25) is 0 Å². The van der Waals surface area contributed by atoms with E-state index in [2.05, 4.69) is 38.1 Å². The highest BCUT2D eigenvalue weighted by Gasteiger charge is 1.95. The zero-order valence-corrected chi connectivity index (χ0v) is 12.0. The van der Waals surface area contributed by atoms with E-state index in [1.54, 1.807) is 0 Å². The zero-order chi connectivity index (χ0) is 11.6. The van der Waals surface area contributed by atoms with Crippen molar-refractivity contribution in [2.45, 2.75) is 38.2 Å². The SMILES string of the molecule is CCCSCc1ccc(CSCCC)cc1. The average Bonchev–Trinajstić information content (AvgIpc) is 2.32. The van der Waals surface area contributed by atoms with Gasteiger partial charge >= 0.3 is 0 Å². The minimum Gasteiger partial charge on any atom is -0.157 e. The molecule has 1 aromatic rings. The molecule has 0 N–H and O–H groups in total. The van der Waals surface area contributed by atoms with Gasteiger partial charge in [0.1, 0.15) is 0 Å². The normalized spacial score (nSPS) is 10.6. The maximum absolute atomic E-state index is 2.28. The molecule has 0 atom stereocenters. The Kier molecular flexibility index (Phi) is 7.87. The summed E-state index contributed by atoms with van der Waals surface area (Å²) in [5.41, 5.74) is 2.92. The van der Waals surface area contributed by atoms with E-state index in [0.717, 1.165) is 11.5 Å². The van der Waals surface area contributed by atoms with Crippen LogP contribution in [0.25, 0.3) is 0 Å². The summed E-state index contributed by atoms with van der Waals surface area (Å²) in [6.45, 7) is 4.47. The molecule has 0 amide bonds. The maximum Gasteiger partial charge on any atom is 0.0184 e. The predicted molar refractivity (Wildman–Crippen MR) is 79.3 cm³/mol. The Morgan fingerprint density at radius 3 is 1.44 bits per heavy atom. The van der Waals surface area contributed by atoms with Crippen molar-refractivity contribution in [1.29, 1.82) is 0 Å². The molecule has 0 radical (unpaired) electrons. The minimum atomic E-state index is 1.16. The van der Waals surface area contributed by atoms with Crippen LogP contribution in [0.5, 0.6) is 0 Å². The molecule has 0 bridgehead atoms. The van der Waals surface area contributed by atoms with Crippen molar-refractivity contribution in [2.24, 2.45) is 0 Å². The Hall–Kier alpha value is -0.0800. The Balaban J connectivity index is 2.30. The lowest BCUT2D eigenvalue weighted by Gasteiger charge is -2.03. The number of hydrogen-bond donors (Lipinski definition) is 0. The molecule has 0 unspecified atom stereocenters. The van der Waals surface area contributed by atoms with E-state index < -0.39 is 0 Å². The van der Waals surface area contributed by atoms with E-state index in [-0.39, 0.29) is 0 Å². The first-order valence-corrected chi connectivity index (χ1v) is 8.41. The lowest BCUT2D eigenvalue weighted by molar-refractivity contribution is 1.10. The van der Waals surface area contributed by atoms with Gasteiger partial charge in [-0.1, -0.05) is 38.1 Å². The summed E-state index contributed by atoms with van der Waals surface area (Å²) in [5, 5.41) is 0. The number of rotatable bonds is 8. The van der Waals surface area contributed by atoms with Gasteiger partial charge < -0.3 is 0 Å². The van der Waals surface area contributed by atoms with Crippen LogP contribution in [-0.2, 0) is 11.5 Å². The van der Waals surface area contributed by atoms with Crippen molar-refractivity contribution in [1.82, 2.24) is 0 Å². The second kappa shape index (κ2) is 9.00. The molecule has 0 saturated heterocycles. The van der Waals surface area contributed by atoms with Crippen molar-refractivity contribution < 1.29 is 0 Å². The minimum absolute atomic E-state index is 1.16. The summed E-state index contributed by atoms with van der Waals surface area (Å²) in [7, 11) is 0. The molecule has 0 heterocycles. The lowest BCUT2D eigenvalue weighted by Crippen LogP contribution is -1.86. The molecule has 0 spiro atoms. The standard InChI is InChI=1S/C14H22S2/c1-3-9-15-11-13-5-7-14(8-6-13)12-16-10-4-2/h5-8H,3-4,9-12H2,1-2H3. The monoisotopic (exact) mass is 254 g/mol. The van der Waals surface area contributed by atoms with Crippen LogP contribution in [0.1, 0.15) is 37.8 Å². The Morgan fingerprint density at radius 1 is 0.750 bits per heavy atom. The van der Waals surface area contributed by atoms with Gasteiger partial charge in [-0.2, -0.15) is 23.5 Å². The first-order chi connectivity index (χ1) is 7.86. The van der Waals surface area contributed by atoms with Crippen molar-refractivity contribution in [2.75, 3.05) is 11.5 Å². The Bertz CT molecular complexity index is 238. The molecule has 1 aromatic carbocycles. The van der Waals surface area contributed by atoms with Gasteiger partial charge in [0, 0.05) is 11.5 Å². The topological polar surface area (TPSA) is 0 Å². The molecular weight excluding hydrogens is 232 g/mol.